The minimum Gasteiger partial charge on any atom is -0.497 e. The molecule has 0 saturated carbocycles. The van der Waals surface area contributed by atoms with Crippen LogP contribution in [0.15, 0.2) is 66.7 Å². The maximum absolute atomic E-state index is 13.3. The van der Waals surface area contributed by atoms with Crippen molar-refractivity contribution in [3.63, 3.8) is 0 Å². The molecule has 3 rings (SSSR count). The Labute approximate surface area is 179 Å². The van der Waals surface area contributed by atoms with Gasteiger partial charge in [-0.15, -0.1) is 0 Å². The van der Waals surface area contributed by atoms with Crippen LogP contribution in [0.2, 0.25) is 0 Å². The summed E-state index contributed by atoms with van der Waals surface area (Å²) in [6.07, 6.45) is 1.92. The molecule has 0 aliphatic heterocycles. The quantitative estimate of drug-likeness (QED) is 0.405. The number of aryl methyl sites for hydroxylation is 3. The number of nitrogens with one attached hydrogen (secondary N) is 1. The van der Waals surface area contributed by atoms with Gasteiger partial charge in [0.1, 0.15) is 5.75 Å². The number of ether oxygens (including phenoxy) is 1. The van der Waals surface area contributed by atoms with Gasteiger partial charge in [-0.1, -0.05) is 54.6 Å². The molecule has 0 saturated heterocycles. The van der Waals surface area contributed by atoms with Gasteiger partial charge in [0.2, 0.25) is 0 Å². The lowest BCUT2D eigenvalue weighted by atomic mass is 9.95. The van der Waals surface area contributed by atoms with Crippen molar-refractivity contribution in [2.45, 2.75) is 33.7 Å². The molecule has 1 unspecified atom stereocenters. The monoisotopic (exact) mass is 399 g/mol. The summed E-state index contributed by atoms with van der Waals surface area (Å²) in [6.45, 7) is 8.34. The van der Waals surface area contributed by atoms with Crippen LogP contribution in [-0.4, -0.2) is 13.0 Å². The highest BCUT2D eigenvalue weighted by molar-refractivity contribution is 6.24. The fourth-order valence-corrected chi connectivity index (χ4v) is 3.57. The van der Waals surface area contributed by atoms with Gasteiger partial charge >= 0.3 is 0 Å². The molecule has 0 bridgehead atoms. The van der Waals surface area contributed by atoms with Crippen LogP contribution < -0.4 is 10.1 Å². The van der Waals surface area contributed by atoms with Gasteiger partial charge in [-0.05, 0) is 79.3 Å². The van der Waals surface area contributed by atoms with Gasteiger partial charge in [-0.3, -0.25) is 4.79 Å². The predicted octanol–water partition coefficient (Wildman–Crippen LogP) is 6.04. The molecule has 0 heterocycles. The minimum absolute atomic E-state index is 0.0952. The second kappa shape index (κ2) is 9.45. The second-order valence-electron chi connectivity index (χ2n) is 7.69. The average Bonchev–Trinajstić information content (AvgIpc) is 2.75. The number of rotatable bonds is 6. The molecule has 3 aromatic rings. The fourth-order valence-electron chi connectivity index (χ4n) is 3.57. The third-order valence-electron chi connectivity index (χ3n) is 5.45. The molecule has 3 nitrogen and oxygen atoms in total. The Morgan fingerprint density at radius 1 is 0.900 bits per heavy atom. The lowest BCUT2D eigenvalue weighted by molar-refractivity contribution is -0.116. The van der Waals surface area contributed by atoms with Crippen LogP contribution in [0.3, 0.4) is 0 Å². The zero-order valence-electron chi connectivity index (χ0n) is 18.3. The molecule has 3 aromatic carbocycles. The number of methoxy groups -OCH3 is 1. The van der Waals surface area contributed by atoms with Crippen LogP contribution in [0, 0.1) is 20.8 Å². The Hall–Kier alpha value is -3.33. The van der Waals surface area contributed by atoms with E-state index in [4.69, 9.17) is 4.74 Å². The Morgan fingerprint density at radius 3 is 2.17 bits per heavy atom. The first-order chi connectivity index (χ1) is 14.4. The van der Waals surface area contributed by atoms with Crippen molar-refractivity contribution in [3.05, 3.63) is 100 Å². The molecule has 1 amide bonds. The molecule has 0 spiro atoms. The van der Waals surface area contributed by atoms with E-state index in [0.29, 0.717) is 5.57 Å². The zero-order valence-corrected chi connectivity index (χ0v) is 18.3. The van der Waals surface area contributed by atoms with E-state index >= 15 is 0 Å². The summed E-state index contributed by atoms with van der Waals surface area (Å²) in [6, 6.07) is 21.7. The largest absolute Gasteiger partial charge is 0.497 e. The predicted molar refractivity (Wildman–Crippen MR) is 125 cm³/mol. The smallest absolute Gasteiger partial charge is 0.252 e. The Kier molecular flexibility index (Phi) is 6.73. The summed E-state index contributed by atoms with van der Waals surface area (Å²) in [5.41, 5.74) is 7.28. The van der Waals surface area contributed by atoms with Gasteiger partial charge in [0.25, 0.3) is 5.91 Å². The number of hydrogen-bond donors (Lipinski definition) is 1. The van der Waals surface area contributed by atoms with Crippen LogP contribution in [0.25, 0.3) is 11.6 Å². The molecule has 0 aliphatic carbocycles. The van der Waals surface area contributed by atoms with Gasteiger partial charge in [0, 0.05) is 5.57 Å². The first-order valence-electron chi connectivity index (χ1n) is 10.2. The van der Waals surface area contributed by atoms with Gasteiger partial charge in [0.05, 0.1) is 13.2 Å². The van der Waals surface area contributed by atoms with Crippen molar-refractivity contribution >= 4 is 17.6 Å². The molecule has 1 N–H and O–H groups in total. The van der Waals surface area contributed by atoms with Crippen molar-refractivity contribution < 1.29 is 9.53 Å². The van der Waals surface area contributed by atoms with Gasteiger partial charge in [-0.25, -0.2) is 0 Å². The van der Waals surface area contributed by atoms with E-state index in [9.17, 15) is 4.79 Å². The number of carbonyl (C=O) groups is 1. The summed E-state index contributed by atoms with van der Waals surface area (Å²) >= 11 is 0. The second-order valence-corrected chi connectivity index (χ2v) is 7.69. The summed E-state index contributed by atoms with van der Waals surface area (Å²) in [5.74, 6) is 0.693. The summed E-state index contributed by atoms with van der Waals surface area (Å²) in [5, 5.41) is 3.19. The molecule has 154 valence electrons. The first-order valence-corrected chi connectivity index (χ1v) is 10.2. The molecular formula is C27H29NO2. The van der Waals surface area contributed by atoms with E-state index in [1.807, 2.05) is 67.6 Å². The first kappa shape index (κ1) is 21.4. The molecule has 1 atom stereocenters. The highest BCUT2D eigenvalue weighted by atomic mass is 16.5. The van der Waals surface area contributed by atoms with Crippen LogP contribution in [0.4, 0.5) is 0 Å². The maximum Gasteiger partial charge on any atom is 0.252 e. The number of benzene rings is 3. The molecule has 3 heteroatoms. The fraction of sp³-hybridized carbons (Fsp3) is 0.222. The normalized spacial score (nSPS) is 12.4. The molecule has 0 aliphatic rings. The highest BCUT2D eigenvalue weighted by Gasteiger charge is 2.17. The van der Waals surface area contributed by atoms with Crippen LogP contribution in [-0.2, 0) is 4.79 Å². The summed E-state index contributed by atoms with van der Waals surface area (Å²) in [4.78, 5) is 13.3. The third-order valence-corrected chi connectivity index (χ3v) is 5.45. The Morgan fingerprint density at radius 2 is 1.53 bits per heavy atom. The highest BCUT2D eigenvalue weighted by Crippen LogP contribution is 2.25. The molecule has 0 fully saturated rings. The van der Waals surface area contributed by atoms with Crippen LogP contribution >= 0.6 is 0 Å². The number of carbonyl (C=O) groups excluding carboxylic acids is 1. The molecule has 0 radical (unpaired) electrons. The van der Waals surface area contributed by atoms with E-state index < -0.39 is 0 Å². The van der Waals surface area contributed by atoms with E-state index in [-0.39, 0.29) is 11.9 Å². The number of amides is 1. The maximum atomic E-state index is 13.3. The number of hydrogen-bond acceptors (Lipinski definition) is 2. The average molecular weight is 400 g/mol. The van der Waals surface area contributed by atoms with Crippen molar-refractivity contribution in [3.8, 4) is 5.75 Å². The van der Waals surface area contributed by atoms with E-state index in [1.165, 1.54) is 16.7 Å². The van der Waals surface area contributed by atoms with Crippen molar-refractivity contribution in [2.24, 2.45) is 0 Å². The van der Waals surface area contributed by atoms with Gasteiger partial charge < -0.3 is 10.1 Å². The van der Waals surface area contributed by atoms with Gasteiger partial charge in [-0.2, -0.15) is 0 Å². The van der Waals surface area contributed by atoms with Crippen LogP contribution in [0.1, 0.15) is 46.3 Å². The third kappa shape index (κ3) is 4.98. The molecular weight excluding hydrogens is 370 g/mol. The topological polar surface area (TPSA) is 38.3 Å². The van der Waals surface area contributed by atoms with E-state index in [0.717, 1.165) is 22.4 Å². The standard InChI is InChI=1S/C27H29NO2/c1-18-15-20(3)25(16-19(18)2)21(4)28-27(29)26(23-9-7-6-8-10-23)17-22-11-13-24(30-5)14-12-22/h6-17,21H,1-5H3,(H,28,29)/b26-17+. The lowest BCUT2D eigenvalue weighted by Crippen LogP contribution is -2.28. The Balaban J connectivity index is 1.92. The minimum atomic E-state index is -0.0974. The Bertz CT molecular complexity index is 1050. The van der Waals surface area contributed by atoms with E-state index in [1.54, 1.807) is 7.11 Å². The summed E-state index contributed by atoms with van der Waals surface area (Å²) < 4.78 is 5.24. The van der Waals surface area contributed by atoms with Crippen molar-refractivity contribution in [2.75, 3.05) is 7.11 Å². The van der Waals surface area contributed by atoms with Gasteiger partial charge in [0.15, 0.2) is 0 Å². The van der Waals surface area contributed by atoms with E-state index in [2.05, 4.69) is 38.2 Å². The summed E-state index contributed by atoms with van der Waals surface area (Å²) in [7, 11) is 1.64. The lowest BCUT2D eigenvalue weighted by Gasteiger charge is -2.19. The van der Waals surface area contributed by atoms with Crippen molar-refractivity contribution in [1.29, 1.82) is 0 Å². The van der Waals surface area contributed by atoms with Crippen LogP contribution in [0.5, 0.6) is 5.75 Å². The van der Waals surface area contributed by atoms with Crippen molar-refractivity contribution in [1.82, 2.24) is 5.32 Å². The zero-order chi connectivity index (χ0) is 21.7. The SMILES string of the molecule is COc1ccc(/C=C(/C(=O)NC(C)c2cc(C)c(C)cc2C)c2ccccc2)cc1. The molecule has 0 aromatic heterocycles. The molecule has 30 heavy (non-hydrogen) atoms.